The van der Waals surface area contributed by atoms with Gasteiger partial charge in [0.1, 0.15) is 11.0 Å². The molecule has 356 valence electrons. The van der Waals surface area contributed by atoms with Crippen molar-refractivity contribution in [2.24, 2.45) is 0 Å². The molecular weight excluding hydrogens is 897 g/mol. The number of nitrogens with zero attached hydrogens (tertiary/aromatic N) is 10. The Bertz CT molecular complexity index is 3460. The third-order valence-electron chi connectivity index (χ3n) is 12.8. The Hall–Kier alpha value is -8.66. The molecule has 4 aromatic carbocycles. The number of aromatic amines is 2. The molecule has 6 heterocycles. The van der Waals surface area contributed by atoms with Crippen LogP contribution in [-0.2, 0) is 35.7 Å². The Morgan fingerprint density at radius 3 is 1.42 bits per heavy atom. The minimum atomic E-state index is -0.216. The van der Waals surface area contributed by atoms with Gasteiger partial charge in [-0.1, -0.05) is 79.7 Å². The SMILES string of the molecule is CCc1cc(C)nn1-c1ccc(Cn2c(=O)[nH]c3cnc(-c4ccccc4C4CC4)nc32)cc1.Cc1cc(CO)n(-c2ccc(Cn3c(=O)[nH]c4cnc(-c5ccccc5C5CC5)nc43)cc2)n1.O=C=O. The summed E-state index contributed by atoms with van der Waals surface area (Å²) in [6, 6.07) is 36.5. The fourth-order valence-electron chi connectivity index (χ4n) is 9.11. The second-order valence-corrected chi connectivity index (χ2v) is 17.9. The monoisotopic (exact) mass is 946 g/mol. The highest BCUT2D eigenvalue weighted by Crippen LogP contribution is 2.44. The van der Waals surface area contributed by atoms with Crippen molar-refractivity contribution in [3.63, 3.8) is 0 Å². The second kappa shape index (κ2) is 19.7. The number of H-pyrrole nitrogens is 2. The molecule has 0 spiro atoms. The molecule has 0 amide bonds. The highest BCUT2D eigenvalue weighted by Gasteiger charge is 2.28. The van der Waals surface area contributed by atoms with Gasteiger partial charge in [-0.15, -0.1) is 0 Å². The van der Waals surface area contributed by atoms with Gasteiger partial charge in [0.2, 0.25) is 0 Å². The van der Waals surface area contributed by atoms with Crippen LogP contribution in [0.15, 0.2) is 131 Å². The fourth-order valence-corrected chi connectivity index (χ4v) is 9.11. The van der Waals surface area contributed by atoms with Crippen molar-refractivity contribution < 1.29 is 14.7 Å². The number of aryl methyl sites for hydroxylation is 3. The van der Waals surface area contributed by atoms with Gasteiger partial charge in [0.25, 0.3) is 0 Å². The first kappa shape index (κ1) is 46.1. The van der Waals surface area contributed by atoms with Gasteiger partial charge in [-0.3, -0.25) is 9.13 Å². The first-order chi connectivity index (χ1) is 34.6. The quantitative estimate of drug-likeness (QED) is 0.107. The van der Waals surface area contributed by atoms with E-state index in [4.69, 9.17) is 19.6 Å². The van der Waals surface area contributed by atoms with Crippen LogP contribution in [0.2, 0.25) is 0 Å². The average Bonchev–Trinajstić information content (AvgIpc) is 4.31. The van der Waals surface area contributed by atoms with Crippen LogP contribution in [0.3, 0.4) is 0 Å². The molecule has 2 saturated carbocycles. The van der Waals surface area contributed by atoms with Crippen molar-refractivity contribution in [1.82, 2.24) is 58.6 Å². The van der Waals surface area contributed by atoms with E-state index in [9.17, 15) is 14.7 Å². The summed E-state index contributed by atoms with van der Waals surface area (Å²) < 4.78 is 7.04. The highest BCUT2D eigenvalue weighted by atomic mass is 16.3. The molecule has 2 aliphatic rings. The zero-order valence-corrected chi connectivity index (χ0v) is 39.4. The number of aromatic nitrogens is 12. The van der Waals surface area contributed by atoms with E-state index in [1.165, 1.54) is 42.5 Å². The zero-order chi connectivity index (χ0) is 49.2. The average molecular weight is 947 g/mol. The number of nitrogens with one attached hydrogen (secondary N) is 2. The summed E-state index contributed by atoms with van der Waals surface area (Å²) in [4.78, 5) is 66.3. The maximum absolute atomic E-state index is 12.8. The second-order valence-electron chi connectivity index (χ2n) is 17.9. The van der Waals surface area contributed by atoms with Gasteiger partial charge in [0.05, 0.1) is 60.5 Å². The first-order valence-electron chi connectivity index (χ1n) is 23.6. The summed E-state index contributed by atoms with van der Waals surface area (Å²) in [5.74, 6) is 2.48. The minimum Gasteiger partial charge on any atom is -0.390 e. The Morgan fingerprint density at radius 1 is 0.606 bits per heavy atom. The summed E-state index contributed by atoms with van der Waals surface area (Å²) in [6.07, 6.45) is 9.39. The van der Waals surface area contributed by atoms with Crippen molar-refractivity contribution in [2.75, 3.05) is 0 Å². The van der Waals surface area contributed by atoms with Crippen LogP contribution in [0.4, 0.5) is 0 Å². The van der Waals surface area contributed by atoms with E-state index >= 15 is 0 Å². The molecule has 17 heteroatoms. The van der Waals surface area contributed by atoms with Crippen LogP contribution < -0.4 is 11.4 Å². The zero-order valence-electron chi connectivity index (χ0n) is 39.4. The molecule has 0 bridgehead atoms. The van der Waals surface area contributed by atoms with Crippen molar-refractivity contribution in [3.05, 3.63) is 188 Å². The van der Waals surface area contributed by atoms with Gasteiger partial charge in [0, 0.05) is 16.8 Å². The van der Waals surface area contributed by atoms with E-state index in [0.29, 0.717) is 58.9 Å². The molecule has 2 fully saturated rings. The van der Waals surface area contributed by atoms with Gasteiger partial charge >= 0.3 is 17.5 Å². The maximum atomic E-state index is 12.8. The number of hydrogen-bond donors (Lipinski definition) is 3. The van der Waals surface area contributed by atoms with E-state index in [0.717, 1.165) is 57.1 Å². The number of benzene rings is 4. The van der Waals surface area contributed by atoms with E-state index < -0.39 is 0 Å². The molecule has 6 aromatic heterocycles. The number of hydrogen-bond acceptors (Lipinski definition) is 11. The Labute approximate surface area is 406 Å². The molecule has 0 atom stereocenters. The molecule has 0 unspecified atom stereocenters. The fraction of sp³-hybridized carbons (Fsp3) is 0.241. The van der Waals surface area contributed by atoms with Gasteiger partial charge in [-0.05, 0) is 116 Å². The molecule has 0 radical (unpaired) electrons. The molecule has 2 aliphatic carbocycles. The van der Waals surface area contributed by atoms with Crippen LogP contribution in [0.25, 0.3) is 56.5 Å². The number of aliphatic hydroxyl groups excluding tert-OH is 1. The normalized spacial score (nSPS) is 13.1. The lowest BCUT2D eigenvalue weighted by molar-refractivity contribution is -0.191. The summed E-state index contributed by atoms with van der Waals surface area (Å²) >= 11 is 0. The van der Waals surface area contributed by atoms with Crippen molar-refractivity contribution in [3.8, 4) is 34.2 Å². The highest BCUT2D eigenvalue weighted by molar-refractivity contribution is 5.75. The maximum Gasteiger partial charge on any atom is 0.373 e. The molecule has 17 nitrogen and oxygen atoms in total. The van der Waals surface area contributed by atoms with Crippen molar-refractivity contribution >= 4 is 28.5 Å². The molecule has 10 aromatic rings. The van der Waals surface area contributed by atoms with Crippen LogP contribution in [-0.4, -0.2) is 69.9 Å². The molecule has 71 heavy (non-hydrogen) atoms. The predicted octanol–water partition coefficient (Wildman–Crippen LogP) is 7.88. The van der Waals surface area contributed by atoms with E-state index in [1.54, 1.807) is 26.2 Å². The van der Waals surface area contributed by atoms with Crippen LogP contribution in [0.5, 0.6) is 0 Å². The van der Waals surface area contributed by atoms with E-state index in [1.807, 2.05) is 85.3 Å². The van der Waals surface area contributed by atoms with Gasteiger partial charge in [0.15, 0.2) is 22.9 Å². The largest absolute Gasteiger partial charge is 0.390 e. The summed E-state index contributed by atoms with van der Waals surface area (Å²) in [5, 5.41) is 18.7. The standard InChI is InChI=1S/C27H26N6O.C26H24N6O2.CO2/c1-3-20-14-17(2)31-33(20)21-12-8-18(9-13-21)16-32-26-24(29-27(32)34)15-28-25(30-26)23-7-5-4-6-22(23)19-10-11-19;1-16-12-20(15-33)32(30-16)19-10-6-17(7-11-19)14-31-25-23(28-26(31)34)13-27-24(29-25)22-5-3-2-4-21(22)18-8-9-18;2-1-3/h4-9,12-15,19H,3,10-11,16H2,1-2H3,(H,29,34);2-7,10-13,18,33H,8-9,14-15H2,1H3,(H,28,34);. The lowest BCUT2D eigenvalue weighted by Gasteiger charge is -2.09. The number of fused-ring (bicyclic) bond motifs is 2. The third-order valence-corrected chi connectivity index (χ3v) is 12.8. The van der Waals surface area contributed by atoms with Gasteiger partial charge in [-0.2, -0.15) is 19.8 Å². The summed E-state index contributed by atoms with van der Waals surface area (Å²) in [6.45, 7) is 6.76. The smallest absolute Gasteiger partial charge is 0.373 e. The number of imidazole rings is 2. The third kappa shape index (κ3) is 9.68. The van der Waals surface area contributed by atoms with Crippen molar-refractivity contribution in [1.29, 1.82) is 0 Å². The predicted molar refractivity (Wildman–Crippen MR) is 266 cm³/mol. The molecule has 0 saturated heterocycles. The molecule has 0 aliphatic heterocycles. The Balaban J connectivity index is 0.000000155. The van der Waals surface area contributed by atoms with E-state index in [-0.39, 0.29) is 24.1 Å². The van der Waals surface area contributed by atoms with Crippen molar-refractivity contribution in [2.45, 2.75) is 84.4 Å². The minimum absolute atomic E-state index is 0.0841. The summed E-state index contributed by atoms with van der Waals surface area (Å²) in [5.41, 5.74) is 14.3. The van der Waals surface area contributed by atoms with Crippen LogP contribution in [0, 0.1) is 13.8 Å². The van der Waals surface area contributed by atoms with Gasteiger partial charge in [-0.25, -0.2) is 38.9 Å². The topological polar surface area (TPSA) is 217 Å². The van der Waals surface area contributed by atoms with Crippen LogP contribution in [0.1, 0.15) is 89.5 Å². The Kier molecular flexibility index (Phi) is 12.8. The van der Waals surface area contributed by atoms with Gasteiger partial charge < -0.3 is 15.1 Å². The molecule has 3 N–H and O–H groups in total. The molecule has 12 rings (SSSR count). The Morgan fingerprint density at radius 2 is 1.01 bits per heavy atom. The lowest BCUT2D eigenvalue weighted by atomic mass is 10.0. The number of aliphatic hydroxyl groups is 1. The molecular formula is C54H50N12O5. The summed E-state index contributed by atoms with van der Waals surface area (Å²) in [7, 11) is 0. The first-order valence-corrected chi connectivity index (χ1v) is 23.6. The lowest BCUT2D eigenvalue weighted by Crippen LogP contribution is -2.18. The van der Waals surface area contributed by atoms with Crippen LogP contribution >= 0.6 is 0 Å². The van der Waals surface area contributed by atoms with E-state index in [2.05, 4.69) is 79.5 Å². The number of rotatable bonds is 12. The number of carbonyl (C=O) groups excluding carboxylic acids is 2.